The first-order valence-electron chi connectivity index (χ1n) is 8.63. The first kappa shape index (κ1) is 16.8. The van der Waals surface area contributed by atoms with E-state index in [9.17, 15) is 5.11 Å². The number of aliphatic hydroxyl groups is 1. The molecule has 21 heavy (non-hydrogen) atoms. The number of rotatable bonds is 2. The summed E-state index contributed by atoms with van der Waals surface area (Å²) in [4.78, 5) is 0. The highest BCUT2D eigenvalue weighted by atomic mass is 16.6. The van der Waals surface area contributed by atoms with Gasteiger partial charge in [0.25, 0.3) is 0 Å². The third-order valence-electron chi connectivity index (χ3n) is 5.25. The smallest absolute Gasteiger partial charge is 0.0896 e. The molecule has 2 aliphatic rings. The summed E-state index contributed by atoms with van der Waals surface area (Å²) in [6.07, 6.45) is 14.6. The zero-order valence-electron chi connectivity index (χ0n) is 14.0. The Hall–Kier alpha value is -0.600. The van der Waals surface area contributed by atoms with Crippen molar-refractivity contribution in [2.45, 2.75) is 84.3 Å². The van der Waals surface area contributed by atoms with Crippen LogP contribution in [0.3, 0.4) is 0 Å². The predicted molar refractivity (Wildman–Crippen MR) is 88.3 cm³/mol. The monoisotopic (exact) mass is 292 g/mol. The van der Waals surface area contributed by atoms with Crippen LogP contribution in [0.4, 0.5) is 0 Å². The highest BCUT2D eigenvalue weighted by molar-refractivity contribution is 5.06. The molecule has 1 aliphatic carbocycles. The molecule has 120 valence electrons. The summed E-state index contributed by atoms with van der Waals surface area (Å²) in [6, 6.07) is 0. The van der Waals surface area contributed by atoms with E-state index in [4.69, 9.17) is 4.74 Å². The van der Waals surface area contributed by atoms with Crippen molar-refractivity contribution in [2.24, 2.45) is 5.41 Å². The van der Waals surface area contributed by atoms with E-state index in [0.29, 0.717) is 12.2 Å². The molecule has 0 aromatic heterocycles. The third kappa shape index (κ3) is 4.96. The van der Waals surface area contributed by atoms with Crippen LogP contribution < -0.4 is 0 Å². The van der Waals surface area contributed by atoms with Crippen LogP contribution in [0.2, 0.25) is 0 Å². The number of hydrogen-bond acceptors (Lipinski definition) is 2. The number of ether oxygens (including phenoxy) is 1. The summed E-state index contributed by atoms with van der Waals surface area (Å²) in [6.45, 7) is 7.07. The van der Waals surface area contributed by atoms with Crippen molar-refractivity contribution >= 4 is 0 Å². The van der Waals surface area contributed by atoms with Gasteiger partial charge in [0.15, 0.2) is 0 Å². The van der Waals surface area contributed by atoms with Crippen molar-refractivity contribution in [1.82, 2.24) is 0 Å². The lowest BCUT2D eigenvalue weighted by molar-refractivity contribution is 0.144. The Labute approximate surface area is 130 Å². The minimum Gasteiger partial charge on any atom is -0.396 e. The van der Waals surface area contributed by atoms with Crippen LogP contribution in [0.1, 0.15) is 72.1 Å². The molecule has 1 aliphatic heterocycles. The molecule has 1 fully saturated rings. The fourth-order valence-electron chi connectivity index (χ4n) is 3.62. The van der Waals surface area contributed by atoms with Crippen LogP contribution in [0.25, 0.3) is 0 Å². The van der Waals surface area contributed by atoms with Crippen molar-refractivity contribution in [3.05, 3.63) is 23.3 Å². The van der Waals surface area contributed by atoms with E-state index in [1.54, 1.807) is 0 Å². The van der Waals surface area contributed by atoms with Crippen molar-refractivity contribution in [1.29, 1.82) is 0 Å². The molecule has 3 unspecified atom stereocenters. The Bertz CT molecular complexity index is 396. The maximum Gasteiger partial charge on any atom is 0.0896 e. The summed E-state index contributed by atoms with van der Waals surface area (Å²) in [7, 11) is 0. The van der Waals surface area contributed by atoms with E-state index in [1.807, 2.05) is 0 Å². The Morgan fingerprint density at radius 2 is 1.90 bits per heavy atom. The Morgan fingerprint density at radius 1 is 1.19 bits per heavy atom. The van der Waals surface area contributed by atoms with Gasteiger partial charge in [0.2, 0.25) is 0 Å². The standard InChI is InChI=1S/C19H32O2/c1-15-7-4-8-16(2)10-6-12-19(3,13-14-20)18-17(21-18)11-5-9-15/h7,10,17-18,20H,4-6,8-9,11-14H2,1-3H3/b15-7-,16-10-. The van der Waals surface area contributed by atoms with E-state index in [-0.39, 0.29) is 12.0 Å². The van der Waals surface area contributed by atoms with Gasteiger partial charge in [0.05, 0.1) is 12.2 Å². The van der Waals surface area contributed by atoms with Gasteiger partial charge >= 0.3 is 0 Å². The lowest BCUT2D eigenvalue weighted by Crippen LogP contribution is -2.26. The first-order valence-corrected chi connectivity index (χ1v) is 8.63. The number of epoxide rings is 1. The molecule has 0 radical (unpaired) electrons. The van der Waals surface area contributed by atoms with Gasteiger partial charge in [-0.2, -0.15) is 0 Å². The van der Waals surface area contributed by atoms with Crippen molar-refractivity contribution in [3.63, 3.8) is 0 Å². The molecule has 2 rings (SSSR count). The van der Waals surface area contributed by atoms with Crippen LogP contribution in [-0.4, -0.2) is 23.9 Å². The normalized spacial score (nSPS) is 40.2. The summed E-state index contributed by atoms with van der Waals surface area (Å²) in [5.41, 5.74) is 3.16. The summed E-state index contributed by atoms with van der Waals surface area (Å²) < 4.78 is 5.97. The maximum absolute atomic E-state index is 9.40. The predicted octanol–water partition coefficient (Wildman–Crippen LogP) is 4.78. The van der Waals surface area contributed by atoms with Crippen LogP contribution in [0, 0.1) is 5.41 Å². The molecule has 0 aromatic carbocycles. The molecule has 2 heteroatoms. The molecule has 0 saturated carbocycles. The average molecular weight is 292 g/mol. The van der Waals surface area contributed by atoms with Gasteiger partial charge in [-0.25, -0.2) is 0 Å². The highest BCUT2D eigenvalue weighted by Gasteiger charge is 2.50. The van der Waals surface area contributed by atoms with Crippen molar-refractivity contribution in [2.75, 3.05) is 6.61 Å². The van der Waals surface area contributed by atoms with E-state index < -0.39 is 0 Å². The van der Waals surface area contributed by atoms with E-state index in [1.165, 1.54) is 43.3 Å². The van der Waals surface area contributed by atoms with Gasteiger partial charge < -0.3 is 9.84 Å². The molecule has 0 spiro atoms. The highest BCUT2D eigenvalue weighted by Crippen LogP contribution is 2.46. The van der Waals surface area contributed by atoms with Crippen LogP contribution in [-0.2, 0) is 4.74 Å². The van der Waals surface area contributed by atoms with Crippen LogP contribution in [0.5, 0.6) is 0 Å². The van der Waals surface area contributed by atoms with Crippen molar-refractivity contribution in [3.8, 4) is 0 Å². The second-order valence-electron chi connectivity index (χ2n) is 7.29. The van der Waals surface area contributed by atoms with Gasteiger partial charge in [0.1, 0.15) is 0 Å². The molecule has 0 amide bonds. The topological polar surface area (TPSA) is 32.8 Å². The van der Waals surface area contributed by atoms with Gasteiger partial charge in [0, 0.05) is 6.61 Å². The molecule has 2 nitrogen and oxygen atoms in total. The lowest BCUT2D eigenvalue weighted by atomic mass is 9.77. The second-order valence-corrected chi connectivity index (χ2v) is 7.29. The van der Waals surface area contributed by atoms with Crippen LogP contribution >= 0.6 is 0 Å². The van der Waals surface area contributed by atoms with Gasteiger partial charge in [-0.1, -0.05) is 30.2 Å². The van der Waals surface area contributed by atoms with Gasteiger partial charge in [-0.3, -0.25) is 0 Å². The Balaban J connectivity index is 2.02. The number of fused-ring (bicyclic) bond motifs is 1. The Kier molecular flexibility index (Phi) is 6.07. The summed E-state index contributed by atoms with van der Waals surface area (Å²) in [5, 5.41) is 9.40. The van der Waals surface area contributed by atoms with E-state index >= 15 is 0 Å². The number of aliphatic hydroxyl groups excluding tert-OH is 1. The Morgan fingerprint density at radius 3 is 2.67 bits per heavy atom. The van der Waals surface area contributed by atoms with Gasteiger partial charge in [-0.05, 0) is 70.6 Å². The van der Waals surface area contributed by atoms with E-state index in [0.717, 1.165) is 19.3 Å². The largest absolute Gasteiger partial charge is 0.396 e. The zero-order chi connectivity index (χ0) is 15.3. The SMILES string of the molecule is C/C1=C/CCC(C)(CCO)C2OC2CCC/C(C)=C\CC1. The van der Waals surface area contributed by atoms with Crippen LogP contribution in [0.15, 0.2) is 23.3 Å². The average Bonchev–Trinajstić information content (AvgIpc) is 3.18. The fraction of sp³-hybridized carbons (Fsp3) is 0.789. The summed E-state index contributed by atoms with van der Waals surface area (Å²) >= 11 is 0. The number of hydrogen-bond donors (Lipinski definition) is 1. The summed E-state index contributed by atoms with van der Waals surface area (Å²) in [5.74, 6) is 0. The minimum absolute atomic E-state index is 0.144. The first-order chi connectivity index (χ1) is 10.0. The van der Waals surface area contributed by atoms with E-state index in [2.05, 4.69) is 32.9 Å². The number of allylic oxidation sites excluding steroid dienone is 4. The van der Waals surface area contributed by atoms with Gasteiger partial charge in [-0.15, -0.1) is 0 Å². The fourth-order valence-corrected chi connectivity index (χ4v) is 3.62. The minimum atomic E-state index is 0.144. The second kappa shape index (κ2) is 7.60. The molecule has 0 bridgehead atoms. The quantitative estimate of drug-likeness (QED) is 0.587. The molecule has 0 aromatic rings. The maximum atomic E-state index is 9.40. The molecule has 1 N–H and O–H groups in total. The van der Waals surface area contributed by atoms with Crippen molar-refractivity contribution < 1.29 is 9.84 Å². The third-order valence-corrected chi connectivity index (χ3v) is 5.25. The molecule has 3 atom stereocenters. The zero-order valence-corrected chi connectivity index (χ0v) is 14.0. The molecular weight excluding hydrogens is 260 g/mol. The molecule has 1 saturated heterocycles. The lowest BCUT2D eigenvalue weighted by Gasteiger charge is -2.27. The molecular formula is C19H32O2. The molecule has 1 heterocycles.